The lowest BCUT2D eigenvalue weighted by atomic mass is 10.2. The van der Waals surface area contributed by atoms with Crippen LogP contribution in [0, 0.1) is 0 Å². The Bertz CT molecular complexity index is 1370. The number of phenolic OH excluding ortho intramolecular Hbond substituents is 1. The third kappa shape index (κ3) is 5.01. The largest absolute Gasteiger partial charge is 0.506 e. The number of ketones is 1. The van der Waals surface area contributed by atoms with E-state index in [1.807, 2.05) is 0 Å². The minimum absolute atomic E-state index is 0.165. The van der Waals surface area contributed by atoms with E-state index >= 15 is 0 Å². The maximum absolute atomic E-state index is 12.8. The molecule has 0 spiro atoms. The van der Waals surface area contributed by atoms with Gasteiger partial charge in [-0.3, -0.25) is 14.2 Å². The summed E-state index contributed by atoms with van der Waals surface area (Å²) in [5.74, 6) is -0.394. The lowest BCUT2D eigenvalue weighted by Crippen LogP contribution is -2.16. The zero-order valence-electron chi connectivity index (χ0n) is 17.1. The third-order valence-corrected chi connectivity index (χ3v) is 7.19. The predicted molar refractivity (Wildman–Crippen MR) is 119 cm³/mol. The van der Waals surface area contributed by atoms with Crippen LogP contribution in [0.5, 0.6) is 11.5 Å². The van der Waals surface area contributed by atoms with Crippen molar-refractivity contribution in [3.8, 4) is 11.5 Å². The van der Waals surface area contributed by atoms with Gasteiger partial charge in [0.2, 0.25) is 0 Å². The van der Waals surface area contributed by atoms with E-state index < -0.39 is 25.8 Å². The molecule has 0 aliphatic carbocycles. The maximum Gasteiger partial charge on any atom is 0.262 e. The van der Waals surface area contributed by atoms with Crippen LogP contribution in [0.3, 0.4) is 0 Å². The molecule has 168 valence electrons. The van der Waals surface area contributed by atoms with E-state index in [-0.39, 0.29) is 26.9 Å². The summed E-state index contributed by atoms with van der Waals surface area (Å²) < 4.78 is 60.7. The molecular weight excluding hydrogens is 456 g/mol. The highest BCUT2D eigenvalue weighted by molar-refractivity contribution is 7.93. The monoisotopic (exact) mass is 476 g/mol. The van der Waals surface area contributed by atoms with Crippen LogP contribution in [0.1, 0.15) is 17.3 Å². The molecule has 0 aliphatic heterocycles. The number of para-hydroxylation sites is 2. The number of hydrogen-bond acceptors (Lipinski definition) is 7. The number of carbonyl (C=O) groups is 1. The highest BCUT2D eigenvalue weighted by Crippen LogP contribution is 2.31. The Morgan fingerprint density at radius 3 is 2.00 bits per heavy atom. The number of Topliss-reactive ketones (excluding diaryl/α,β-unsaturated/α-hetero) is 1. The van der Waals surface area contributed by atoms with Gasteiger partial charge >= 0.3 is 0 Å². The van der Waals surface area contributed by atoms with Crippen molar-refractivity contribution in [2.45, 2.75) is 16.7 Å². The van der Waals surface area contributed by atoms with E-state index in [4.69, 9.17) is 4.74 Å². The predicted octanol–water partition coefficient (Wildman–Crippen LogP) is 3.21. The number of benzene rings is 3. The SMILES string of the molecule is COc1ccccc1NS(=O)(=O)c1ccc(O)c(NS(=O)(=O)c2ccc(C(C)=O)cc2)c1. The molecule has 0 aliphatic rings. The maximum atomic E-state index is 12.8. The van der Waals surface area contributed by atoms with E-state index in [9.17, 15) is 26.7 Å². The van der Waals surface area contributed by atoms with Gasteiger partial charge < -0.3 is 9.84 Å². The summed E-state index contributed by atoms with van der Waals surface area (Å²) in [6.07, 6.45) is 0. The van der Waals surface area contributed by atoms with Crippen LogP contribution in [0.25, 0.3) is 0 Å². The van der Waals surface area contributed by atoms with Gasteiger partial charge in [-0.25, -0.2) is 16.8 Å². The van der Waals surface area contributed by atoms with E-state index in [0.29, 0.717) is 11.3 Å². The zero-order valence-corrected chi connectivity index (χ0v) is 18.7. The first-order valence-electron chi connectivity index (χ1n) is 9.16. The number of phenols is 1. The normalized spacial score (nSPS) is 11.6. The van der Waals surface area contributed by atoms with Gasteiger partial charge in [0, 0.05) is 5.56 Å². The fourth-order valence-corrected chi connectivity index (χ4v) is 4.93. The second kappa shape index (κ2) is 8.89. The van der Waals surface area contributed by atoms with Crippen molar-refractivity contribution in [2.75, 3.05) is 16.6 Å². The van der Waals surface area contributed by atoms with Gasteiger partial charge in [0.1, 0.15) is 11.5 Å². The fourth-order valence-electron chi connectivity index (χ4n) is 2.77. The lowest BCUT2D eigenvalue weighted by molar-refractivity contribution is 0.101. The van der Waals surface area contributed by atoms with Crippen LogP contribution >= 0.6 is 0 Å². The van der Waals surface area contributed by atoms with E-state index in [2.05, 4.69) is 9.44 Å². The number of carbonyl (C=O) groups excluding carboxylic acids is 1. The van der Waals surface area contributed by atoms with Gasteiger partial charge in [-0.2, -0.15) is 0 Å². The molecule has 3 aromatic carbocycles. The van der Waals surface area contributed by atoms with Gasteiger partial charge in [0.15, 0.2) is 5.78 Å². The molecule has 0 saturated heterocycles. The molecule has 3 aromatic rings. The highest BCUT2D eigenvalue weighted by atomic mass is 32.2. The number of anilines is 2. The van der Waals surface area contributed by atoms with Crippen molar-refractivity contribution in [3.63, 3.8) is 0 Å². The Morgan fingerprint density at radius 2 is 1.38 bits per heavy atom. The first kappa shape index (κ1) is 23.1. The summed E-state index contributed by atoms with van der Waals surface area (Å²) in [4.78, 5) is 10.9. The average Bonchev–Trinajstić information content (AvgIpc) is 2.75. The molecule has 0 unspecified atom stereocenters. The van der Waals surface area contributed by atoms with Gasteiger partial charge in [0.25, 0.3) is 20.0 Å². The Balaban J connectivity index is 1.92. The molecule has 3 rings (SSSR count). The molecule has 32 heavy (non-hydrogen) atoms. The lowest BCUT2D eigenvalue weighted by Gasteiger charge is -2.14. The first-order chi connectivity index (χ1) is 15.0. The number of rotatable bonds is 8. The Labute approximate surface area is 185 Å². The van der Waals surface area contributed by atoms with E-state index in [0.717, 1.165) is 18.2 Å². The van der Waals surface area contributed by atoms with Crippen LogP contribution in [-0.2, 0) is 20.0 Å². The molecule has 11 heteroatoms. The summed E-state index contributed by atoms with van der Waals surface area (Å²) in [6, 6.07) is 14.7. The molecule has 3 N–H and O–H groups in total. The number of sulfonamides is 2. The summed E-state index contributed by atoms with van der Waals surface area (Å²) in [7, 11) is -6.91. The quantitative estimate of drug-likeness (QED) is 0.335. The second-order valence-corrected chi connectivity index (χ2v) is 10.0. The van der Waals surface area contributed by atoms with Crippen LogP contribution in [0.15, 0.2) is 76.5 Å². The van der Waals surface area contributed by atoms with Gasteiger partial charge in [-0.05, 0) is 49.4 Å². The summed E-state index contributed by atoms with van der Waals surface area (Å²) in [5.41, 5.74) is 0.196. The summed E-state index contributed by atoms with van der Waals surface area (Å²) in [5, 5.41) is 10.1. The standard InChI is InChI=1S/C21H20N2O7S2/c1-14(24)15-7-9-16(10-8-15)31(26,27)23-19-13-17(11-12-20(19)25)32(28,29)22-18-5-3-4-6-21(18)30-2/h3-13,22-23,25H,1-2H3. The Hall–Kier alpha value is -3.57. The Kier molecular flexibility index (Phi) is 6.42. The van der Waals surface area contributed by atoms with Crippen molar-refractivity contribution >= 4 is 37.2 Å². The smallest absolute Gasteiger partial charge is 0.262 e. The molecule has 0 heterocycles. The van der Waals surface area contributed by atoms with Crippen molar-refractivity contribution in [1.29, 1.82) is 0 Å². The number of ether oxygens (including phenoxy) is 1. The summed E-state index contributed by atoms with van der Waals surface area (Å²) >= 11 is 0. The minimum Gasteiger partial charge on any atom is -0.506 e. The van der Waals surface area contributed by atoms with Crippen molar-refractivity contribution in [1.82, 2.24) is 0 Å². The van der Waals surface area contributed by atoms with Gasteiger partial charge in [0.05, 0.1) is 28.3 Å². The second-order valence-electron chi connectivity index (χ2n) is 6.67. The topological polar surface area (TPSA) is 139 Å². The van der Waals surface area contributed by atoms with Crippen LogP contribution in [-0.4, -0.2) is 34.8 Å². The van der Waals surface area contributed by atoms with Crippen molar-refractivity contribution < 1.29 is 31.5 Å². The van der Waals surface area contributed by atoms with E-state index in [1.54, 1.807) is 18.2 Å². The van der Waals surface area contributed by atoms with Crippen molar-refractivity contribution in [3.05, 3.63) is 72.3 Å². The molecule has 9 nitrogen and oxygen atoms in total. The third-order valence-electron chi connectivity index (χ3n) is 4.45. The average molecular weight is 477 g/mol. The molecule has 0 saturated carbocycles. The number of aromatic hydroxyl groups is 1. The molecular formula is C21H20N2O7S2. The van der Waals surface area contributed by atoms with E-state index in [1.165, 1.54) is 44.4 Å². The molecule has 0 atom stereocenters. The van der Waals surface area contributed by atoms with Crippen LogP contribution in [0.2, 0.25) is 0 Å². The van der Waals surface area contributed by atoms with Gasteiger partial charge in [-0.15, -0.1) is 0 Å². The first-order valence-corrected chi connectivity index (χ1v) is 12.1. The van der Waals surface area contributed by atoms with Gasteiger partial charge in [-0.1, -0.05) is 24.3 Å². The minimum atomic E-state index is -4.17. The number of hydrogen-bond donors (Lipinski definition) is 3. The molecule has 0 amide bonds. The van der Waals surface area contributed by atoms with Crippen LogP contribution < -0.4 is 14.2 Å². The highest BCUT2D eigenvalue weighted by Gasteiger charge is 2.21. The molecule has 0 radical (unpaired) electrons. The Morgan fingerprint density at radius 1 is 0.812 bits per heavy atom. The van der Waals surface area contributed by atoms with Crippen LogP contribution in [0.4, 0.5) is 11.4 Å². The summed E-state index contributed by atoms with van der Waals surface area (Å²) in [6.45, 7) is 1.35. The zero-order chi connectivity index (χ0) is 23.5. The van der Waals surface area contributed by atoms with Crippen molar-refractivity contribution in [2.24, 2.45) is 0 Å². The number of methoxy groups -OCH3 is 1. The molecule has 0 fully saturated rings. The molecule has 0 aromatic heterocycles. The molecule has 0 bridgehead atoms. The number of nitrogens with one attached hydrogen (secondary N) is 2. The fraction of sp³-hybridized carbons (Fsp3) is 0.0952.